The van der Waals surface area contributed by atoms with Crippen molar-refractivity contribution in [2.75, 3.05) is 0 Å². The number of tetrazole rings is 1. The standard InChI is InChI=1S/C31H33ClN6/c1-6-8-13-30-29(22(4)38(23(5)33-30)21(3)14-19-26(32)7-2)20-24-15-17-25(18-16-24)27-11-9-10-12-28(27)31-34-36-37-35-31/h7,9-12,14-19H,3-4,6,8,13,20H2,1-2,5H3,(H,34,35,36,37)/b19-14-,26-7+. The van der Waals surface area contributed by atoms with E-state index in [2.05, 4.69) is 71.0 Å². The van der Waals surface area contributed by atoms with E-state index in [-0.39, 0.29) is 0 Å². The molecule has 0 radical (unpaired) electrons. The van der Waals surface area contributed by atoms with Gasteiger partial charge in [0.25, 0.3) is 0 Å². The number of nitrogens with one attached hydrogen (secondary N) is 1. The number of H-pyrrole nitrogens is 1. The zero-order valence-corrected chi connectivity index (χ0v) is 23.0. The minimum atomic E-state index is 0.576. The fourth-order valence-electron chi connectivity index (χ4n) is 4.50. The number of hydrogen-bond donors (Lipinski definition) is 1. The van der Waals surface area contributed by atoms with Crippen LogP contribution in [0.3, 0.4) is 0 Å². The summed E-state index contributed by atoms with van der Waals surface area (Å²) in [5.74, 6) is 1.44. The maximum absolute atomic E-state index is 6.17. The lowest BCUT2D eigenvalue weighted by molar-refractivity contribution is 0.627. The second kappa shape index (κ2) is 12.5. The normalized spacial score (nSPS) is 14.4. The first-order valence-electron chi connectivity index (χ1n) is 12.8. The Hall–Kier alpha value is -4.03. The molecule has 2 heterocycles. The van der Waals surface area contributed by atoms with E-state index in [1.807, 2.05) is 55.2 Å². The summed E-state index contributed by atoms with van der Waals surface area (Å²) in [7, 11) is 0. The van der Waals surface area contributed by atoms with Crippen molar-refractivity contribution in [2.24, 2.45) is 4.99 Å². The van der Waals surface area contributed by atoms with Crippen molar-refractivity contribution in [3.8, 4) is 22.5 Å². The second-order valence-electron chi connectivity index (χ2n) is 9.12. The number of hydrogen-bond acceptors (Lipinski definition) is 5. The SMILES string of the molecule is C=C(/C=C\C(Cl)=C/C)N1C(=C)C(Cc2ccc(-c3ccccc3-c3nn[nH]n3)cc2)=C(CCCC)N=C1C. The molecule has 1 aliphatic heterocycles. The molecular weight excluding hydrogens is 492 g/mol. The topological polar surface area (TPSA) is 70.1 Å². The van der Waals surface area contributed by atoms with Crippen molar-refractivity contribution in [2.45, 2.75) is 46.5 Å². The highest BCUT2D eigenvalue weighted by Crippen LogP contribution is 2.34. The van der Waals surface area contributed by atoms with Gasteiger partial charge in [-0.25, -0.2) is 4.99 Å². The van der Waals surface area contributed by atoms with Crippen LogP contribution in [0.2, 0.25) is 0 Å². The van der Waals surface area contributed by atoms with Gasteiger partial charge in [-0.15, -0.1) is 10.2 Å². The van der Waals surface area contributed by atoms with Gasteiger partial charge >= 0.3 is 0 Å². The van der Waals surface area contributed by atoms with E-state index in [9.17, 15) is 0 Å². The van der Waals surface area contributed by atoms with Crippen LogP contribution in [0.15, 0.2) is 113 Å². The molecule has 1 aromatic heterocycles. The summed E-state index contributed by atoms with van der Waals surface area (Å²) >= 11 is 6.17. The highest BCUT2D eigenvalue weighted by molar-refractivity contribution is 6.31. The Morgan fingerprint density at radius 3 is 2.47 bits per heavy atom. The predicted molar refractivity (Wildman–Crippen MR) is 157 cm³/mol. The number of unbranched alkanes of at least 4 members (excludes halogenated alkanes) is 1. The third-order valence-electron chi connectivity index (χ3n) is 6.51. The number of rotatable bonds is 10. The molecule has 0 amide bonds. The van der Waals surface area contributed by atoms with Gasteiger partial charge < -0.3 is 0 Å². The molecule has 0 fully saturated rings. The molecule has 0 atom stereocenters. The molecule has 2 aromatic carbocycles. The Labute approximate surface area is 229 Å². The van der Waals surface area contributed by atoms with Crippen LogP contribution in [0, 0.1) is 0 Å². The van der Waals surface area contributed by atoms with Gasteiger partial charge in [0, 0.05) is 39.7 Å². The molecule has 0 bridgehead atoms. The molecule has 0 unspecified atom stereocenters. The second-order valence-corrected chi connectivity index (χ2v) is 9.56. The van der Waals surface area contributed by atoms with E-state index < -0.39 is 0 Å². The summed E-state index contributed by atoms with van der Waals surface area (Å²) in [6.45, 7) is 14.8. The van der Waals surface area contributed by atoms with Crippen LogP contribution < -0.4 is 0 Å². The van der Waals surface area contributed by atoms with Crippen molar-refractivity contribution in [3.63, 3.8) is 0 Å². The molecule has 1 aliphatic rings. The number of aromatic nitrogens is 4. The van der Waals surface area contributed by atoms with E-state index in [0.29, 0.717) is 10.9 Å². The molecule has 0 spiro atoms. The van der Waals surface area contributed by atoms with Gasteiger partial charge in [0.15, 0.2) is 0 Å². The first kappa shape index (κ1) is 27.0. The van der Waals surface area contributed by atoms with Crippen LogP contribution in [0.25, 0.3) is 22.5 Å². The minimum Gasteiger partial charge on any atom is -0.300 e. The van der Waals surface area contributed by atoms with Crippen LogP contribution >= 0.6 is 11.6 Å². The number of aromatic amines is 1. The number of benzene rings is 2. The lowest BCUT2D eigenvalue weighted by atomic mass is 9.94. The zero-order valence-electron chi connectivity index (χ0n) is 22.2. The summed E-state index contributed by atoms with van der Waals surface area (Å²) < 4.78 is 0. The van der Waals surface area contributed by atoms with Crippen LogP contribution in [-0.4, -0.2) is 31.4 Å². The third-order valence-corrected chi connectivity index (χ3v) is 6.86. The monoisotopic (exact) mass is 524 g/mol. The average molecular weight is 525 g/mol. The molecule has 0 saturated carbocycles. The summed E-state index contributed by atoms with van der Waals surface area (Å²) in [6.07, 6.45) is 9.40. The summed E-state index contributed by atoms with van der Waals surface area (Å²) in [6, 6.07) is 16.7. The maximum atomic E-state index is 6.17. The molecular formula is C31H33ClN6. The van der Waals surface area contributed by atoms with E-state index in [4.69, 9.17) is 16.6 Å². The minimum absolute atomic E-state index is 0.576. The van der Waals surface area contributed by atoms with Gasteiger partial charge in [-0.05, 0) is 60.7 Å². The quantitative estimate of drug-likeness (QED) is 0.273. The van der Waals surface area contributed by atoms with Crippen molar-refractivity contribution in [3.05, 3.63) is 113 Å². The van der Waals surface area contributed by atoms with E-state index in [1.54, 1.807) is 0 Å². The number of amidine groups is 1. The van der Waals surface area contributed by atoms with Crippen molar-refractivity contribution >= 4 is 17.4 Å². The van der Waals surface area contributed by atoms with E-state index >= 15 is 0 Å². The van der Waals surface area contributed by atoms with Gasteiger partial charge in [-0.1, -0.05) is 92.7 Å². The molecule has 1 N–H and O–H groups in total. The van der Waals surface area contributed by atoms with Crippen molar-refractivity contribution in [1.82, 2.24) is 25.5 Å². The number of halogens is 1. The fourth-order valence-corrected chi connectivity index (χ4v) is 4.57. The van der Waals surface area contributed by atoms with Gasteiger partial charge in [-0.3, -0.25) is 4.90 Å². The van der Waals surface area contributed by atoms with Crippen LogP contribution in [0.1, 0.15) is 45.6 Å². The summed E-state index contributed by atoms with van der Waals surface area (Å²) in [4.78, 5) is 7.01. The molecule has 0 aliphatic carbocycles. The van der Waals surface area contributed by atoms with Gasteiger partial charge in [0.1, 0.15) is 5.84 Å². The lowest BCUT2D eigenvalue weighted by Gasteiger charge is -2.33. The largest absolute Gasteiger partial charge is 0.300 e. The zero-order chi connectivity index (χ0) is 27.1. The predicted octanol–water partition coefficient (Wildman–Crippen LogP) is 7.98. The Morgan fingerprint density at radius 2 is 1.82 bits per heavy atom. The Bertz CT molecular complexity index is 1430. The highest BCUT2D eigenvalue weighted by atomic mass is 35.5. The Morgan fingerprint density at radius 1 is 1.08 bits per heavy atom. The Balaban J connectivity index is 1.63. The Kier molecular flexibility index (Phi) is 8.87. The van der Waals surface area contributed by atoms with Crippen molar-refractivity contribution in [1.29, 1.82) is 0 Å². The molecule has 194 valence electrons. The maximum Gasteiger partial charge on any atom is 0.205 e. The van der Waals surface area contributed by atoms with Gasteiger partial charge in [0.2, 0.25) is 5.82 Å². The van der Waals surface area contributed by atoms with Gasteiger partial charge in [-0.2, -0.15) is 5.21 Å². The number of nitrogens with zero attached hydrogens (tertiary/aromatic N) is 5. The van der Waals surface area contributed by atoms with Gasteiger partial charge in [0.05, 0.1) is 0 Å². The molecule has 6 nitrogen and oxygen atoms in total. The van der Waals surface area contributed by atoms with E-state index in [1.165, 1.54) is 5.56 Å². The van der Waals surface area contributed by atoms with E-state index in [0.717, 1.165) is 70.9 Å². The summed E-state index contributed by atoms with van der Waals surface area (Å²) in [5, 5.41) is 15.2. The van der Waals surface area contributed by atoms with Crippen molar-refractivity contribution < 1.29 is 0 Å². The number of allylic oxidation sites excluding steroid dienone is 6. The van der Waals surface area contributed by atoms with Crippen LogP contribution in [0.5, 0.6) is 0 Å². The average Bonchev–Trinajstić information content (AvgIpc) is 3.47. The smallest absolute Gasteiger partial charge is 0.205 e. The molecule has 38 heavy (non-hydrogen) atoms. The van der Waals surface area contributed by atoms with Crippen LogP contribution in [-0.2, 0) is 6.42 Å². The highest BCUT2D eigenvalue weighted by Gasteiger charge is 2.25. The lowest BCUT2D eigenvalue weighted by Crippen LogP contribution is -2.31. The van der Waals surface area contributed by atoms with Crippen LogP contribution in [0.4, 0.5) is 0 Å². The summed E-state index contributed by atoms with van der Waals surface area (Å²) in [5.41, 5.74) is 8.17. The number of aliphatic imine (C=N–C) groups is 1. The first-order chi connectivity index (χ1) is 18.4. The molecule has 3 aromatic rings. The third kappa shape index (κ3) is 6.09. The molecule has 7 heteroatoms. The molecule has 0 saturated heterocycles. The molecule has 4 rings (SSSR count). The fraction of sp³-hybridized carbons (Fsp3) is 0.226. The first-order valence-corrected chi connectivity index (χ1v) is 13.2.